The first kappa shape index (κ1) is 17.8. The molecule has 3 rings (SSSR count). The number of nitrogens with one attached hydrogen (secondary N) is 1. The van der Waals surface area contributed by atoms with Gasteiger partial charge < -0.3 is 20.7 Å². The average molecular weight is 377 g/mol. The number of amides is 2. The maximum atomic E-state index is 12.4. The van der Waals surface area contributed by atoms with E-state index < -0.39 is 29.2 Å². The molecule has 0 saturated carbocycles. The van der Waals surface area contributed by atoms with Crippen molar-refractivity contribution in [2.24, 2.45) is 5.16 Å². The average Bonchev–Trinajstić information content (AvgIpc) is 2.60. The van der Waals surface area contributed by atoms with Gasteiger partial charge in [-0.2, -0.15) is 0 Å². The monoisotopic (exact) mass is 377 g/mol. The first-order valence-electron chi connectivity index (χ1n) is 7.55. The van der Waals surface area contributed by atoms with Crippen molar-refractivity contribution < 1.29 is 29.8 Å². The van der Waals surface area contributed by atoms with Crippen LogP contribution in [0.15, 0.2) is 40.7 Å². The summed E-state index contributed by atoms with van der Waals surface area (Å²) in [5.74, 6) is -2.23. The van der Waals surface area contributed by atoms with Crippen LogP contribution in [0.4, 0.5) is 0 Å². The summed E-state index contributed by atoms with van der Waals surface area (Å²) in [5, 5.41) is 32.8. The number of aromatic hydroxyl groups is 1. The zero-order valence-corrected chi connectivity index (χ0v) is 14.4. The number of thioether (sulfide) groups is 1. The van der Waals surface area contributed by atoms with Gasteiger partial charge in [0.05, 0.1) is 0 Å². The fraction of sp³-hybridized carbons (Fsp3) is 0.250. The number of oxime groups is 1. The molecular formula is C16H15N3O6S. The maximum absolute atomic E-state index is 12.4. The van der Waals surface area contributed by atoms with Gasteiger partial charge in [-0.3, -0.25) is 14.5 Å². The van der Waals surface area contributed by atoms with Gasteiger partial charge in [0.2, 0.25) is 0 Å². The van der Waals surface area contributed by atoms with Crippen molar-refractivity contribution in [2.45, 2.75) is 18.3 Å². The van der Waals surface area contributed by atoms with Gasteiger partial charge in [-0.05, 0) is 24.6 Å². The van der Waals surface area contributed by atoms with E-state index in [0.717, 1.165) is 4.90 Å². The van der Waals surface area contributed by atoms with E-state index in [2.05, 4.69) is 10.5 Å². The summed E-state index contributed by atoms with van der Waals surface area (Å²) in [7, 11) is 0. The molecule has 2 amide bonds. The van der Waals surface area contributed by atoms with Gasteiger partial charge in [-0.25, -0.2) is 4.79 Å². The van der Waals surface area contributed by atoms with Gasteiger partial charge in [0.1, 0.15) is 22.9 Å². The Bertz CT molecular complexity index is 865. The largest absolute Gasteiger partial charge is 0.508 e. The number of carboxylic acids is 1. The zero-order chi connectivity index (χ0) is 19.0. The van der Waals surface area contributed by atoms with E-state index in [1.807, 2.05) is 0 Å². The fourth-order valence-corrected chi connectivity index (χ4v) is 4.17. The third kappa shape index (κ3) is 2.88. The summed E-state index contributed by atoms with van der Waals surface area (Å²) in [6, 6.07) is 4.65. The molecule has 1 saturated heterocycles. The Hall–Kier alpha value is -3.01. The zero-order valence-electron chi connectivity index (χ0n) is 13.5. The summed E-state index contributed by atoms with van der Waals surface area (Å²) in [4.78, 5) is 37.3. The minimum atomic E-state index is -1.19. The molecule has 26 heavy (non-hydrogen) atoms. The lowest BCUT2D eigenvalue weighted by Gasteiger charge is -2.49. The second-order valence-corrected chi connectivity index (χ2v) is 6.90. The summed E-state index contributed by atoms with van der Waals surface area (Å²) in [5.41, 5.74) is 0.326. The summed E-state index contributed by atoms with van der Waals surface area (Å²) in [6.45, 7) is 1.64. The van der Waals surface area contributed by atoms with Gasteiger partial charge in [-0.15, -0.1) is 11.8 Å². The number of benzene rings is 1. The normalized spacial score (nSPS) is 22.6. The van der Waals surface area contributed by atoms with Crippen molar-refractivity contribution in [3.63, 3.8) is 0 Å². The standard InChI is InChI=1S/C16H15N3O6S/c1-7-6-26-15-11(14(22)19(15)12(7)16(23)24)17-13(21)10(18-25)8-3-2-4-9(20)5-8/h2-5,11,15,20,25H,6H2,1H3,(H,17,21)(H,23,24)/t11?,15-/m1/s1. The summed E-state index contributed by atoms with van der Waals surface area (Å²) < 4.78 is 0. The van der Waals surface area contributed by atoms with Crippen LogP contribution in [0, 0.1) is 0 Å². The molecule has 0 spiro atoms. The Kier molecular flexibility index (Phi) is 4.60. The van der Waals surface area contributed by atoms with Crippen LogP contribution >= 0.6 is 11.8 Å². The number of carboxylic acid groups (broad SMARTS) is 1. The number of phenolic OH excluding ortho intramolecular Hbond substituents is 1. The number of carbonyl (C=O) groups is 3. The maximum Gasteiger partial charge on any atom is 0.352 e. The molecular weight excluding hydrogens is 362 g/mol. The van der Waals surface area contributed by atoms with Crippen molar-refractivity contribution >= 4 is 35.3 Å². The highest BCUT2D eigenvalue weighted by Gasteiger charge is 2.53. The molecule has 0 radical (unpaired) electrons. The highest BCUT2D eigenvalue weighted by Crippen LogP contribution is 2.40. The number of aliphatic carboxylic acids is 1. The number of hydrogen-bond donors (Lipinski definition) is 4. The molecule has 1 aromatic rings. The van der Waals surface area contributed by atoms with Crippen molar-refractivity contribution in [3.8, 4) is 5.75 Å². The van der Waals surface area contributed by atoms with Gasteiger partial charge in [0, 0.05) is 11.3 Å². The van der Waals surface area contributed by atoms with Crippen LogP contribution < -0.4 is 5.32 Å². The van der Waals surface area contributed by atoms with Crippen molar-refractivity contribution in [3.05, 3.63) is 41.1 Å². The molecule has 136 valence electrons. The van der Waals surface area contributed by atoms with Crippen molar-refractivity contribution in [1.82, 2.24) is 10.2 Å². The third-order valence-corrected chi connectivity index (χ3v) is 5.51. The van der Waals surface area contributed by atoms with E-state index in [4.69, 9.17) is 5.21 Å². The molecule has 0 aromatic heterocycles. The quantitative estimate of drug-likeness (QED) is 0.257. The number of β-lactam (4-membered cyclic amide) rings is 1. The van der Waals surface area contributed by atoms with Crippen molar-refractivity contribution in [1.29, 1.82) is 0 Å². The Balaban J connectivity index is 1.77. The SMILES string of the molecule is CC1=C(C(=O)O)N2C(=O)C(NC(=O)C(=NO)c3cccc(O)c3)[C@H]2SC1. The number of hydrogen-bond acceptors (Lipinski definition) is 7. The van der Waals surface area contributed by atoms with Gasteiger partial charge in [-0.1, -0.05) is 17.3 Å². The van der Waals surface area contributed by atoms with E-state index in [9.17, 15) is 24.6 Å². The number of nitrogens with zero attached hydrogens (tertiary/aromatic N) is 2. The molecule has 4 N–H and O–H groups in total. The van der Waals surface area contributed by atoms with E-state index in [1.54, 1.807) is 6.92 Å². The van der Waals surface area contributed by atoms with Crippen LogP contribution in [0.2, 0.25) is 0 Å². The van der Waals surface area contributed by atoms with Crippen LogP contribution in [0.25, 0.3) is 0 Å². The van der Waals surface area contributed by atoms with Gasteiger partial charge in [0.25, 0.3) is 11.8 Å². The van der Waals surface area contributed by atoms with E-state index in [0.29, 0.717) is 11.3 Å². The molecule has 1 fully saturated rings. The first-order valence-corrected chi connectivity index (χ1v) is 8.60. The van der Waals surface area contributed by atoms with E-state index >= 15 is 0 Å². The van der Waals surface area contributed by atoms with E-state index in [-0.39, 0.29) is 22.7 Å². The van der Waals surface area contributed by atoms with Crippen LogP contribution in [0.3, 0.4) is 0 Å². The molecule has 1 unspecified atom stereocenters. The Morgan fingerprint density at radius 2 is 2.12 bits per heavy atom. The predicted molar refractivity (Wildman–Crippen MR) is 91.8 cm³/mol. The topological polar surface area (TPSA) is 140 Å². The fourth-order valence-electron chi connectivity index (χ4n) is 2.87. The van der Waals surface area contributed by atoms with Gasteiger partial charge >= 0.3 is 5.97 Å². The van der Waals surface area contributed by atoms with Crippen LogP contribution in [-0.2, 0) is 14.4 Å². The van der Waals surface area contributed by atoms with Crippen LogP contribution in [0.1, 0.15) is 12.5 Å². The van der Waals surface area contributed by atoms with E-state index in [1.165, 1.54) is 36.0 Å². The summed E-state index contributed by atoms with van der Waals surface area (Å²) >= 11 is 1.34. The molecule has 2 aliphatic heterocycles. The Morgan fingerprint density at radius 1 is 1.38 bits per heavy atom. The minimum absolute atomic E-state index is 0.0618. The second-order valence-electron chi connectivity index (χ2n) is 5.79. The number of fused-ring (bicyclic) bond motifs is 1. The van der Waals surface area contributed by atoms with Gasteiger partial charge in [0.15, 0.2) is 5.71 Å². The highest BCUT2D eigenvalue weighted by atomic mass is 32.2. The molecule has 10 heteroatoms. The second kappa shape index (κ2) is 6.71. The number of carbonyl (C=O) groups excluding carboxylic acids is 2. The summed E-state index contributed by atoms with van der Waals surface area (Å²) in [6.07, 6.45) is 0. The van der Waals surface area contributed by atoms with Crippen LogP contribution in [0.5, 0.6) is 5.75 Å². The molecule has 9 nitrogen and oxygen atoms in total. The molecule has 2 aliphatic rings. The molecule has 1 aromatic carbocycles. The number of phenols is 1. The first-order chi connectivity index (χ1) is 12.3. The minimum Gasteiger partial charge on any atom is -0.508 e. The van der Waals surface area contributed by atoms with Crippen LogP contribution in [-0.4, -0.2) is 61.0 Å². The highest BCUT2D eigenvalue weighted by molar-refractivity contribution is 8.00. The number of rotatable bonds is 4. The molecule has 0 bridgehead atoms. The Morgan fingerprint density at radius 3 is 2.73 bits per heavy atom. The Labute approximate surface area is 152 Å². The van der Waals surface area contributed by atoms with Crippen molar-refractivity contribution in [2.75, 3.05) is 5.75 Å². The lowest BCUT2D eigenvalue weighted by molar-refractivity contribution is -0.150. The lowest BCUT2D eigenvalue weighted by atomic mass is 10.0. The lowest BCUT2D eigenvalue weighted by Crippen LogP contribution is -2.71. The third-order valence-electron chi connectivity index (χ3n) is 4.08. The molecule has 2 heterocycles. The molecule has 0 aliphatic carbocycles. The molecule has 2 atom stereocenters. The predicted octanol–water partition coefficient (Wildman–Crippen LogP) is 0.329. The smallest absolute Gasteiger partial charge is 0.352 e.